The van der Waals surface area contributed by atoms with Gasteiger partial charge in [0.25, 0.3) is 5.91 Å². The quantitative estimate of drug-likeness (QED) is 0.214. The average molecular weight is 547 g/mol. The highest BCUT2D eigenvalue weighted by Crippen LogP contribution is 2.40. The number of nitrogens with one attached hydrogen (secondary N) is 2. The summed E-state index contributed by atoms with van der Waals surface area (Å²) in [4.78, 5) is 27.1. The minimum Gasteiger partial charge on any atom is -0.495 e. The molecule has 0 fully saturated rings. The lowest BCUT2D eigenvalue weighted by Gasteiger charge is -2.19. The van der Waals surface area contributed by atoms with Crippen molar-refractivity contribution in [3.8, 4) is 11.5 Å². The van der Waals surface area contributed by atoms with Crippen LogP contribution in [0.15, 0.2) is 95.9 Å². The number of anilines is 2. The second kappa shape index (κ2) is 12.5. The Bertz CT molecular complexity index is 1430. The number of methoxy groups -OCH3 is 2. The second-order valence-electron chi connectivity index (χ2n) is 8.38. The number of carbonyl (C=O) groups is 2. The van der Waals surface area contributed by atoms with Crippen molar-refractivity contribution < 1.29 is 19.1 Å². The number of thioether (sulfide) groups is 1. The molecule has 0 radical (unpaired) electrons. The molecule has 4 rings (SSSR count). The molecule has 0 saturated carbocycles. The molecule has 0 aliphatic rings. The van der Waals surface area contributed by atoms with Crippen molar-refractivity contribution >= 4 is 46.6 Å². The zero-order valence-electron chi connectivity index (χ0n) is 21.2. The zero-order chi connectivity index (χ0) is 27.1. The van der Waals surface area contributed by atoms with E-state index in [2.05, 4.69) is 10.6 Å². The Morgan fingerprint density at radius 2 is 1.47 bits per heavy atom. The maximum absolute atomic E-state index is 13.5. The molecule has 194 valence electrons. The normalized spacial score (nSPS) is 11.4. The number of halogens is 1. The topological polar surface area (TPSA) is 76.7 Å². The van der Waals surface area contributed by atoms with E-state index in [1.807, 2.05) is 79.7 Å². The first-order valence-corrected chi connectivity index (χ1v) is 13.1. The number of amides is 2. The van der Waals surface area contributed by atoms with E-state index in [-0.39, 0.29) is 11.8 Å². The third-order valence-corrected chi connectivity index (χ3v) is 7.39. The highest BCUT2D eigenvalue weighted by Gasteiger charge is 2.24. The van der Waals surface area contributed by atoms with E-state index in [1.54, 1.807) is 18.2 Å². The van der Waals surface area contributed by atoms with Crippen LogP contribution in [0.3, 0.4) is 0 Å². The number of ether oxygens (including phenoxy) is 2. The van der Waals surface area contributed by atoms with Crippen LogP contribution in [0.2, 0.25) is 5.02 Å². The van der Waals surface area contributed by atoms with Gasteiger partial charge in [-0.15, -0.1) is 11.8 Å². The van der Waals surface area contributed by atoms with Crippen LogP contribution in [0.5, 0.6) is 11.5 Å². The first-order chi connectivity index (χ1) is 18.4. The van der Waals surface area contributed by atoms with Gasteiger partial charge in [-0.25, -0.2) is 0 Å². The Morgan fingerprint density at radius 3 is 2.13 bits per heavy atom. The Morgan fingerprint density at radius 1 is 0.816 bits per heavy atom. The molecule has 1 atom stereocenters. The Kier molecular flexibility index (Phi) is 8.94. The number of benzene rings is 4. The molecule has 0 aliphatic carbocycles. The number of aryl methyl sites for hydroxylation is 1. The van der Waals surface area contributed by atoms with Crippen molar-refractivity contribution in [1.29, 1.82) is 0 Å². The first-order valence-electron chi connectivity index (χ1n) is 11.8. The Labute approximate surface area is 231 Å². The van der Waals surface area contributed by atoms with Gasteiger partial charge >= 0.3 is 0 Å². The van der Waals surface area contributed by atoms with Crippen LogP contribution in [-0.4, -0.2) is 26.0 Å². The number of carbonyl (C=O) groups excluding carboxylic acids is 2. The number of hydrogen-bond acceptors (Lipinski definition) is 5. The van der Waals surface area contributed by atoms with Gasteiger partial charge in [-0.1, -0.05) is 60.1 Å². The predicted octanol–water partition coefficient (Wildman–Crippen LogP) is 7.39. The summed E-state index contributed by atoms with van der Waals surface area (Å²) in [5.41, 5.74) is 3.48. The summed E-state index contributed by atoms with van der Waals surface area (Å²) in [6.45, 7) is 1.90. The molecule has 0 saturated heterocycles. The van der Waals surface area contributed by atoms with Crippen molar-refractivity contribution in [1.82, 2.24) is 0 Å². The van der Waals surface area contributed by atoms with Crippen LogP contribution in [0.25, 0.3) is 0 Å². The highest BCUT2D eigenvalue weighted by molar-refractivity contribution is 8.00. The van der Waals surface area contributed by atoms with Gasteiger partial charge in [0.15, 0.2) is 0 Å². The maximum atomic E-state index is 13.5. The SMILES string of the molecule is COc1cc(OC)c(NC(=O)C(Sc2ccc(NC(=O)c3ccccc3C)cc2)c2ccccc2)cc1Cl. The van der Waals surface area contributed by atoms with E-state index < -0.39 is 5.25 Å². The molecule has 6 nitrogen and oxygen atoms in total. The number of hydrogen-bond donors (Lipinski definition) is 2. The van der Waals surface area contributed by atoms with E-state index in [9.17, 15) is 9.59 Å². The molecule has 0 aromatic heterocycles. The summed E-state index contributed by atoms with van der Waals surface area (Å²) in [6.07, 6.45) is 0. The summed E-state index contributed by atoms with van der Waals surface area (Å²) in [7, 11) is 3.03. The van der Waals surface area contributed by atoms with Gasteiger partial charge in [0.05, 0.1) is 24.9 Å². The lowest BCUT2D eigenvalue weighted by Crippen LogP contribution is -2.19. The number of rotatable bonds is 9. The standard InChI is InChI=1S/C30H27ClN2O4S/c1-19-9-7-8-12-23(19)29(34)32-21-13-15-22(16-14-21)38-28(20-10-5-4-6-11-20)30(35)33-25-17-24(31)26(36-2)18-27(25)37-3/h4-18,28H,1-3H3,(H,32,34)(H,33,35). The fourth-order valence-corrected chi connectivity index (χ4v) is 5.10. The van der Waals surface area contributed by atoms with E-state index in [4.69, 9.17) is 21.1 Å². The molecule has 4 aromatic carbocycles. The van der Waals surface area contributed by atoms with Gasteiger partial charge in [0, 0.05) is 22.2 Å². The molecule has 0 spiro atoms. The Hall–Kier alpha value is -3.94. The molecule has 0 heterocycles. The summed E-state index contributed by atoms with van der Waals surface area (Å²) >= 11 is 7.70. The van der Waals surface area contributed by atoms with Crippen LogP contribution in [0.4, 0.5) is 11.4 Å². The van der Waals surface area contributed by atoms with E-state index in [0.717, 1.165) is 16.0 Å². The van der Waals surface area contributed by atoms with Gasteiger partial charge < -0.3 is 20.1 Å². The fraction of sp³-hybridized carbons (Fsp3) is 0.133. The molecule has 8 heteroatoms. The Balaban J connectivity index is 1.53. The minimum atomic E-state index is -0.561. The molecule has 2 amide bonds. The molecular weight excluding hydrogens is 520 g/mol. The first kappa shape index (κ1) is 27.1. The summed E-state index contributed by atoms with van der Waals surface area (Å²) in [6, 6.07) is 27.6. The van der Waals surface area contributed by atoms with Crippen molar-refractivity contribution in [2.24, 2.45) is 0 Å². The van der Waals surface area contributed by atoms with Crippen molar-refractivity contribution in [3.05, 3.63) is 113 Å². The van der Waals surface area contributed by atoms with Gasteiger partial charge in [0.1, 0.15) is 16.7 Å². The van der Waals surface area contributed by atoms with Gasteiger partial charge in [-0.2, -0.15) is 0 Å². The average Bonchev–Trinajstić information content (AvgIpc) is 2.93. The van der Waals surface area contributed by atoms with E-state index in [0.29, 0.717) is 33.5 Å². The van der Waals surface area contributed by atoms with E-state index in [1.165, 1.54) is 26.0 Å². The van der Waals surface area contributed by atoms with Gasteiger partial charge in [0.2, 0.25) is 5.91 Å². The predicted molar refractivity (Wildman–Crippen MR) is 154 cm³/mol. The minimum absolute atomic E-state index is 0.169. The molecule has 0 aliphatic heterocycles. The summed E-state index contributed by atoms with van der Waals surface area (Å²) in [5, 5.41) is 5.68. The third kappa shape index (κ3) is 6.49. The molecule has 1 unspecified atom stereocenters. The molecule has 38 heavy (non-hydrogen) atoms. The summed E-state index contributed by atoms with van der Waals surface area (Å²) < 4.78 is 10.7. The maximum Gasteiger partial charge on any atom is 0.255 e. The van der Waals surface area contributed by atoms with Crippen molar-refractivity contribution in [3.63, 3.8) is 0 Å². The molecule has 2 N–H and O–H groups in total. The monoisotopic (exact) mass is 546 g/mol. The van der Waals surface area contributed by atoms with Gasteiger partial charge in [-0.05, 0) is 54.4 Å². The summed E-state index contributed by atoms with van der Waals surface area (Å²) in [5.74, 6) is 0.477. The molecule has 0 bridgehead atoms. The van der Waals surface area contributed by atoms with Crippen molar-refractivity contribution in [2.75, 3.05) is 24.9 Å². The fourth-order valence-electron chi connectivity index (χ4n) is 3.84. The largest absolute Gasteiger partial charge is 0.495 e. The lowest BCUT2D eigenvalue weighted by atomic mass is 10.1. The van der Waals surface area contributed by atoms with Crippen LogP contribution in [0.1, 0.15) is 26.7 Å². The van der Waals surface area contributed by atoms with Gasteiger partial charge in [-0.3, -0.25) is 9.59 Å². The lowest BCUT2D eigenvalue weighted by molar-refractivity contribution is -0.115. The van der Waals surface area contributed by atoms with E-state index >= 15 is 0 Å². The zero-order valence-corrected chi connectivity index (χ0v) is 22.7. The molecule has 4 aromatic rings. The third-order valence-electron chi connectivity index (χ3n) is 5.83. The second-order valence-corrected chi connectivity index (χ2v) is 9.96. The van der Waals surface area contributed by atoms with Crippen LogP contribution >= 0.6 is 23.4 Å². The van der Waals surface area contributed by atoms with Crippen LogP contribution in [-0.2, 0) is 4.79 Å². The smallest absolute Gasteiger partial charge is 0.255 e. The van der Waals surface area contributed by atoms with Crippen molar-refractivity contribution in [2.45, 2.75) is 17.1 Å². The van der Waals surface area contributed by atoms with Crippen LogP contribution in [0, 0.1) is 6.92 Å². The highest BCUT2D eigenvalue weighted by atomic mass is 35.5. The molecular formula is C30H27ClN2O4S. The van der Waals surface area contributed by atoms with Crippen LogP contribution < -0.4 is 20.1 Å².